The van der Waals surface area contributed by atoms with E-state index >= 15 is 0 Å². The van der Waals surface area contributed by atoms with Crippen molar-refractivity contribution in [3.05, 3.63) is 35.4 Å². The average molecular weight is 292 g/mol. The van der Waals surface area contributed by atoms with Crippen molar-refractivity contribution < 1.29 is 24.6 Å². The van der Waals surface area contributed by atoms with Crippen molar-refractivity contribution in [2.75, 3.05) is 19.6 Å². The smallest absolute Gasteiger partial charge is 0.323 e. The number of hydrogen-bond donors (Lipinski definition) is 2. The summed E-state index contributed by atoms with van der Waals surface area (Å²) in [7, 11) is 0. The number of benzene rings is 1. The molecule has 0 atom stereocenters. The molecule has 0 spiro atoms. The number of fused-ring (bicyclic) bond motifs is 1. The monoisotopic (exact) mass is 292 g/mol. The van der Waals surface area contributed by atoms with Crippen LogP contribution in [0.3, 0.4) is 0 Å². The van der Waals surface area contributed by atoms with Gasteiger partial charge in [0.15, 0.2) is 0 Å². The van der Waals surface area contributed by atoms with Crippen LogP contribution in [0.15, 0.2) is 24.3 Å². The average Bonchev–Trinajstić information content (AvgIpc) is 2.44. The van der Waals surface area contributed by atoms with Crippen molar-refractivity contribution in [2.24, 2.45) is 0 Å². The van der Waals surface area contributed by atoms with Crippen molar-refractivity contribution in [1.82, 2.24) is 9.80 Å². The van der Waals surface area contributed by atoms with Gasteiger partial charge >= 0.3 is 18.0 Å². The third-order valence-electron chi connectivity index (χ3n) is 3.32. The van der Waals surface area contributed by atoms with Crippen molar-refractivity contribution in [2.45, 2.75) is 13.0 Å². The summed E-state index contributed by atoms with van der Waals surface area (Å²) in [4.78, 5) is 36.2. The first-order valence-corrected chi connectivity index (χ1v) is 6.51. The van der Waals surface area contributed by atoms with E-state index in [-0.39, 0.29) is 0 Å². The number of rotatable bonds is 4. The van der Waals surface area contributed by atoms with Crippen LogP contribution < -0.4 is 0 Å². The van der Waals surface area contributed by atoms with E-state index < -0.39 is 31.1 Å². The second-order valence-corrected chi connectivity index (χ2v) is 4.87. The van der Waals surface area contributed by atoms with E-state index in [2.05, 4.69) is 0 Å². The highest BCUT2D eigenvalue weighted by Crippen LogP contribution is 2.19. The fourth-order valence-corrected chi connectivity index (χ4v) is 2.38. The second-order valence-electron chi connectivity index (χ2n) is 4.87. The molecule has 112 valence electrons. The lowest BCUT2D eigenvalue weighted by Crippen LogP contribution is -2.48. The van der Waals surface area contributed by atoms with Gasteiger partial charge in [-0.15, -0.1) is 0 Å². The normalized spacial score (nSPS) is 13.4. The van der Waals surface area contributed by atoms with Crippen molar-refractivity contribution in [1.29, 1.82) is 0 Å². The molecule has 0 radical (unpaired) electrons. The zero-order valence-corrected chi connectivity index (χ0v) is 11.4. The van der Waals surface area contributed by atoms with Crippen LogP contribution in [0.4, 0.5) is 4.79 Å². The van der Waals surface area contributed by atoms with Crippen molar-refractivity contribution in [3.63, 3.8) is 0 Å². The van der Waals surface area contributed by atoms with E-state index in [9.17, 15) is 14.4 Å². The zero-order valence-electron chi connectivity index (χ0n) is 11.4. The van der Waals surface area contributed by atoms with E-state index in [0.29, 0.717) is 19.5 Å². The predicted molar refractivity (Wildman–Crippen MR) is 72.8 cm³/mol. The molecule has 0 aromatic heterocycles. The number of carbonyl (C=O) groups excluding carboxylic acids is 1. The van der Waals surface area contributed by atoms with Gasteiger partial charge in [0, 0.05) is 13.1 Å². The lowest BCUT2D eigenvalue weighted by Gasteiger charge is -2.32. The van der Waals surface area contributed by atoms with Crippen LogP contribution in [-0.2, 0) is 22.6 Å². The summed E-state index contributed by atoms with van der Waals surface area (Å²) >= 11 is 0. The first kappa shape index (κ1) is 14.8. The largest absolute Gasteiger partial charge is 0.480 e. The van der Waals surface area contributed by atoms with Gasteiger partial charge in [-0.25, -0.2) is 4.79 Å². The van der Waals surface area contributed by atoms with Crippen LogP contribution in [0, 0.1) is 0 Å². The number of carboxylic acids is 2. The summed E-state index contributed by atoms with van der Waals surface area (Å²) in [6.07, 6.45) is 0.676. The highest BCUT2D eigenvalue weighted by atomic mass is 16.4. The second kappa shape index (κ2) is 6.25. The van der Waals surface area contributed by atoms with Gasteiger partial charge in [-0.3, -0.25) is 9.59 Å². The minimum atomic E-state index is -1.23. The number of urea groups is 1. The minimum absolute atomic E-state index is 0.366. The molecule has 7 nitrogen and oxygen atoms in total. The standard InChI is InChI=1S/C14H16N2O5/c17-12(18)8-16(9-13(19)20)14(21)15-6-5-10-3-1-2-4-11(10)7-15/h1-4H,5-9H2,(H,17,18)(H,19,20). The molecule has 1 aliphatic heterocycles. The Bertz CT molecular complexity index is 556. The van der Waals surface area contributed by atoms with Crippen LogP contribution in [0.1, 0.15) is 11.1 Å². The highest BCUT2D eigenvalue weighted by molar-refractivity contribution is 5.84. The SMILES string of the molecule is O=C(O)CN(CC(=O)O)C(=O)N1CCc2ccccc2C1. The molecule has 0 fully saturated rings. The molecule has 0 saturated carbocycles. The summed E-state index contributed by atoms with van der Waals surface area (Å²) in [5, 5.41) is 17.6. The summed E-state index contributed by atoms with van der Waals surface area (Å²) < 4.78 is 0. The summed E-state index contributed by atoms with van der Waals surface area (Å²) in [5.41, 5.74) is 2.16. The van der Waals surface area contributed by atoms with Gasteiger partial charge in [0.1, 0.15) is 13.1 Å². The van der Waals surface area contributed by atoms with Gasteiger partial charge in [0.25, 0.3) is 0 Å². The topological polar surface area (TPSA) is 98.1 Å². The van der Waals surface area contributed by atoms with Crippen LogP contribution in [0.5, 0.6) is 0 Å². The van der Waals surface area contributed by atoms with Gasteiger partial charge in [-0.1, -0.05) is 24.3 Å². The van der Waals surface area contributed by atoms with Crippen molar-refractivity contribution >= 4 is 18.0 Å². The maximum absolute atomic E-state index is 12.3. The van der Waals surface area contributed by atoms with Gasteiger partial charge in [0.05, 0.1) is 0 Å². The maximum atomic E-state index is 12.3. The van der Waals surface area contributed by atoms with E-state index in [4.69, 9.17) is 10.2 Å². The van der Waals surface area contributed by atoms with Gasteiger partial charge in [-0.2, -0.15) is 0 Å². The van der Waals surface area contributed by atoms with Crippen LogP contribution in [0.25, 0.3) is 0 Å². The Morgan fingerprint density at radius 1 is 1.05 bits per heavy atom. The Balaban J connectivity index is 2.11. The molecular formula is C14H16N2O5. The molecule has 0 unspecified atom stereocenters. The zero-order chi connectivity index (χ0) is 15.4. The van der Waals surface area contributed by atoms with Gasteiger partial charge in [0.2, 0.25) is 0 Å². The lowest BCUT2D eigenvalue weighted by atomic mass is 10.0. The Morgan fingerprint density at radius 2 is 1.62 bits per heavy atom. The highest BCUT2D eigenvalue weighted by Gasteiger charge is 2.27. The third-order valence-corrected chi connectivity index (χ3v) is 3.32. The molecule has 1 aromatic rings. The fourth-order valence-electron chi connectivity index (χ4n) is 2.38. The van der Waals surface area contributed by atoms with Gasteiger partial charge in [-0.05, 0) is 17.5 Å². The molecule has 1 aromatic carbocycles. The van der Waals surface area contributed by atoms with Gasteiger partial charge < -0.3 is 20.0 Å². The van der Waals surface area contributed by atoms with E-state index in [1.165, 1.54) is 4.90 Å². The Morgan fingerprint density at radius 3 is 2.19 bits per heavy atom. The number of hydrogen-bond acceptors (Lipinski definition) is 3. The van der Waals surface area contributed by atoms with E-state index in [1.807, 2.05) is 24.3 Å². The molecule has 2 amide bonds. The number of amides is 2. The molecule has 7 heteroatoms. The number of aliphatic carboxylic acids is 2. The molecule has 0 saturated heterocycles. The van der Waals surface area contributed by atoms with Crippen LogP contribution >= 0.6 is 0 Å². The first-order chi connectivity index (χ1) is 9.97. The molecule has 21 heavy (non-hydrogen) atoms. The third kappa shape index (κ3) is 3.71. The Kier molecular flexibility index (Phi) is 4.42. The molecule has 0 bridgehead atoms. The Labute approximate surface area is 121 Å². The quantitative estimate of drug-likeness (QED) is 0.848. The maximum Gasteiger partial charge on any atom is 0.323 e. The van der Waals surface area contributed by atoms with E-state index in [1.54, 1.807) is 0 Å². The van der Waals surface area contributed by atoms with Crippen LogP contribution in [-0.4, -0.2) is 57.6 Å². The van der Waals surface area contributed by atoms with Crippen molar-refractivity contribution in [3.8, 4) is 0 Å². The predicted octanol–water partition coefficient (Wildman–Crippen LogP) is 0.636. The first-order valence-electron chi connectivity index (χ1n) is 6.51. The minimum Gasteiger partial charge on any atom is -0.480 e. The lowest BCUT2D eigenvalue weighted by molar-refractivity contribution is -0.140. The molecule has 1 heterocycles. The summed E-state index contributed by atoms with van der Waals surface area (Å²) in [5.74, 6) is -2.47. The molecule has 2 rings (SSSR count). The fraction of sp³-hybridized carbons (Fsp3) is 0.357. The van der Waals surface area contributed by atoms with E-state index in [0.717, 1.165) is 16.0 Å². The number of carbonyl (C=O) groups is 3. The Hall–Kier alpha value is -2.57. The molecule has 1 aliphatic rings. The molecular weight excluding hydrogens is 276 g/mol. The van der Waals surface area contributed by atoms with Crippen LogP contribution in [0.2, 0.25) is 0 Å². The summed E-state index contributed by atoms with van der Waals surface area (Å²) in [6.45, 7) is -0.428. The number of carboxylic acid groups (broad SMARTS) is 2. The molecule has 2 N–H and O–H groups in total. The number of nitrogens with zero attached hydrogens (tertiary/aromatic N) is 2. The summed E-state index contributed by atoms with van der Waals surface area (Å²) in [6, 6.07) is 7.14. The molecule has 0 aliphatic carbocycles.